The molecule has 0 aliphatic carbocycles. The molecule has 1 aromatic carbocycles. The molecule has 7 heteroatoms. The van der Waals surface area contributed by atoms with Crippen molar-refractivity contribution in [1.82, 2.24) is 10.6 Å². The Morgan fingerprint density at radius 1 is 1.33 bits per heavy atom. The summed E-state index contributed by atoms with van der Waals surface area (Å²) in [6, 6.07) is 7.25. The molecule has 24 heavy (non-hydrogen) atoms. The van der Waals surface area contributed by atoms with Crippen LogP contribution < -0.4 is 10.6 Å². The second kappa shape index (κ2) is 8.49. The van der Waals surface area contributed by atoms with E-state index in [4.69, 9.17) is 16.0 Å². The minimum atomic E-state index is -0.494. The van der Waals surface area contributed by atoms with E-state index in [0.29, 0.717) is 13.0 Å². The molecule has 0 saturated carbocycles. The van der Waals surface area contributed by atoms with Crippen molar-refractivity contribution in [2.45, 2.75) is 25.8 Å². The van der Waals surface area contributed by atoms with E-state index in [9.17, 15) is 14.0 Å². The van der Waals surface area contributed by atoms with Gasteiger partial charge in [0, 0.05) is 13.0 Å². The number of hydrogen-bond donors (Lipinski definition) is 2. The molecular formula is C17H18ClFN2O3. The summed E-state index contributed by atoms with van der Waals surface area (Å²) in [6.45, 7) is 2.16. The molecule has 2 amide bonds. The zero-order valence-corrected chi connectivity index (χ0v) is 13.9. The third-order valence-corrected chi connectivity index (χ3v) is 3.72. The summed E-state index contributed by atoms with van der Waals surface area (Å²) < 4.78 is 18.1. The maximum Gasteiger partial charge on any atom is 0.286 e. The molecule has 2 rings (SSSR count). The molecule has 2 N–H and O–H groups in total. The lowest BCUT2D eigenvalue weighted by Gasteiger charge is -2.15. The van der Waals surface area contributed by atoms with Crippen molar-refractivity contribution in [2.24, 2.45) is 0 Å². The van der Waals surface area contributed by atoms with E-state index < -0.39 is 5.82 Å². The summed E-state index contributed by atoms with van der Waals surface area (Å²) >= 11 is 5.73. The van der Waals surface area contributed by atoms with Crippen molar-refractivity contribution in [3.05, 3.63) is 58.8 Å². The van der Waals surface area contributed by atoms with Crippen LogP contribution in [0.2, 0.25) is 5.02 Å². The van der Waals surface area contributed by atoms with Crippen molar-refractivity contribution in [3.63, 3.8) is 0 Å². The zero-order chi connectivity index (χ0) is 17.5. The van der Waals surface area contributed by atoms with Crippen LogP contribution in [-0.4, -0.2) is 18.4 Å². The summed E-state index contributed by atoms with van der Waals surface area (Å²) in [6.07, 6.45) is 2.18. The van der Waals surface area contributed by atoms with Crippen molar-refractivity contribution < 1.29 is 18.4 Å². The highest BCUT2D eigenvalue weighted by Crippen LogP contribution is 2.20. The van der Waals surface area contributed by atoms with E-state index in [-0.39, 0.29) is 35.1 Å². The highest BCUT2D eigenvalue weighted by Gasteiger charge is 2.12. The zero-order valence-electron chi connectivity index (χ0n) is 13.1. The van der Waals surface area contributed by atoms with Crippen molar-refractivity contribution >= 4 is 23.4 Å². The van der Waals surface area contributed by atoms with Crippen LogP contribution in [0.5, 0.6) is 0 Å². The number of amides is 2. The third-order valence-electron chi connectivity index (χ3n) is 3.43. The van der Waals surface area contributed by atoms with Gasteiger partial charge in [-0.2, -0.15) is 0 Å². The van der Waals surface area contributed by atoms with Crippen LogP contribution in [0.3, 0.4) is 0 Å². The number of furan rings is 1. The van der Waals surface area contributed by atoms with E-state index in [2.05, 4.69) is 10.6 Å². The van der Waals surface area contributed by atoms with E-state index in [1.54, 1.807) is 25.1 Å². The van der Waals surface area contributed by atoms with Gasteiger partial charge in [0.2, 0.25) is 5.91 Å². The lowest BCUT2D eigenvalue weighted by molar-refractivity contribution is -0.121. The van der Waals surface area contributed by atoms with Crippen LogP contribution in [0, 0.1) is 5.82 Å². The average Bonchev–Trinajstić information content (AvgIpc) is 3.08. The molecule has 0 bridgehead atoms. The van der Waals surface area contributed by atoms with Crippen molar-refractivity contribution in [3.8, 4) is 0 Å². The Morgan fingerprint density at radius 3 is 2.79 bits per heavy atom. The Labute approximate surface area is 144 Å². The SMILES string of the molecule is CC(NC(=O)CCCNC(=O)c1ccco1)c1ccc(F)c(Cl)c1. The van der Waals surface area contributed by atoms with Crippen LogP contribution in [0.4, 0.5) is 4.39 Å². The van der Waals surface area contributed by atoms with Crippen molar-refractivity contribution in [2.75, 3.05) is 6.54 Å². The summed E-state index contributed by atoms with van der Waals surface area (Å²) in [5.74, 6) is -0.725. The molecule has 2 aromatic rings. The molecule has 5 nitrogen and oxygen atoms in total. The van der Waals surface area contributed by atoms with Gasteiger partial charge >= 0.3 is 0 Å². The molecule has 0 aliphatic heterocycles. The van der Waals surface area contributed by atoms with Gasteiger partial charge in [-0.1, -0.05) is 17.7 Å². The standard InChI is InChI=1S/C17H18ClFN2O3/c1-11(12-6-7-14(19)13(18)10-12)21-16(22)5-2-8-20-17(23)15-4-3-9-24-15/h3-4,6-7,9-11H,2,5,8H2,1H3,(H,20,23)(H,21,22). The van der Waals surface area contributed by atoms with Gasteiger partial charge in [0.15, 0.2) is 5.76 Å². The maximum absolute atomic E-state index is 13.1. The first kappa shape index (κ1) is 18.0. The highest BCUT2D eigenvalue weighted by molar-refractivity contribution is 6.30. The van der Waals surface area contributed by atoms with E-state index >= 15 is 0 Å². The van der Waals surface area contributed by atoms with E-state index in [1.807, 2.05) is 0 Å². The first-order chi connectivity index (χ1) is 11.5. The van der Waals surface area contributed by atoms with Crippen LogP contribution in [-0.2, 0) is 4.79 Å². The number of halogens is 2. The second-order valence-corrected chi connectivity index (χ2v) is 5.71. The molecule has 1 aromatic heterocycles. The summed E-state index contributed by atoms with van der Waals surface area (Å²) in [5.41, 5.74) is 0.723. The molecule has 0 fully saturated rings. The van der Waals surface area contributed by atoms with Gasteiger partial charge in [0.1, 0.15) is 5.82 Å². The largest absolute Gasteiger partial charge is 0.459 e. The summed E-state index contributed by atoms with van der Waals surface area (Å²) in [4.78, 5) is 23.5. The maximum atomic E-state index is 13.1. The fourth-order valence-electron chi connectivity index (χ4n) is 2.12. The lowest BCUT2D eigenvalue weighted by atomic mass is 10.1. The Balaban J connectivity index is 1.71. The smallest absolute Gasteiger partial charge is 0.286 e. The van der Waals surface area contributed by atoms with Crippen LogP contribution in [0.1, 0.15) is 41.9 Å². The van der Waals surface area contributed by atoms with Crippen molar-refractivity contribution in [1.29, 1.82) is 0 Å². The number of carbonyl (C=O) groups excluding carboxylic acids is 2. The molecule has 0 spiro atoms. The Hall–Kier alpha value is -2.34. The molecule has 1 atom stereocenters. The van der Waals surface area contributed by atoms with Gasteiger partial charge in [-0.05, 0) is 43.2 Å². The number of rotatable bonds is 7. The second-order valence-electron chi connectivity index (χ2n) is 5.30. The average molecular weight is 353 g/mol. The van der Waals surface area contributed by atoms with Crippen LogP contribution >= 0.6 is 11.6 Å². The van der Waals surface area contributed by atoms with Gasteiger partial charge in [0.25, 0.3) is 5.91 Å². The summed E-state index contributed by atoms with van der Waals surface area (Å²) in [7, 11) is 0. The van der Waals surface area contributed by atoms with Gasteiger partial charge in [0.05, 0.1) is 17.3 Å². The van der Waals surface area contributed by atoms with Gasteiger partial charge in [-0.15, -0.1) is 0 Å². The first-order valence-electron chi connectivity index (χ1n) is 7.53. The lowest BCUT2D eigenvalue weighted by Crippen LogP contribution is -2.29. The number of hydrogen-bond acceptors (Lipinski definition) is 3. The summed E-state index contributed by atoms with van der Waals surface area (Å²) in [5, 5.41) is 5.50. The predicted octanol–water partition coefficient (Wildman–Crippen LogP) is 3.46. The molecule has 0 radical (unpaired) electrons. The fourth-order valence-corrected chi connectivity index (χ4v) is 2.31. The molecule has 0 aliphatic rings. The molecule has 128 valence electrons. The molecular weight excluding hydrogens is 335 g/mol. The predicted molar refractivity (Wildman–Crippen MR) is 88.2 cm³/mol. The highest BCUT2D eigenvalue weighted by atomic mass is 35.5. The monoisotopic (exact) mass is 352 g/mol. The fraction of sp³-hybridized carbons (Fsp3) is 0.294. The minimum absolute atomic E-state index is 0.0224. The third kappa shape index (κ3) is 5.09. The topological polar surface area (TPSA) is 71.3 Å². The Morgan fingerprint density at radius 2 is 2.12 bits per heavy atom. The number of carbonyl (C=O) groups is 2. The molecule has 1 unspecified atom stereocenters. The van der Waals surface area contributed by atoms with Crippen LogP contribution in [0.25, 0.3) is 0 Å². The first-order valence-corrected chi connectivity index (χ1v) is 7.91. The number of nitrogens with one attached hydrogen (secondary N) is 2. The van der Waals surface area contributed by atoms with E-state index in [1.165, 1.54) is 18.4 Å². The normalized spacial score (nSPS) is 11.8. The minimum Gasteiger partial charge on any atom is -0.459 e. The van der Waals surface area contributed by atoms with Gasteiger partial charge in [-0.3, -0.25) is 9.59 Å². The quantitative estimate of drug-likeness (QED) is 0.750. The molecule has 0 saturated heterocycles. The van der Waals surface area contributed by atoms with Crippen LogP contribution in [0.15, 0.2) is 41.0 Å². The van der Waals surface area contributed by atoms with E-state index in [0.717, 1.165) is 5.56 Å². The Kier molecular flexibility index (Phi) is 6.37. The Bertz CT molecular complexity index is 704. The van der Waals surface area contributed by atoms with Gasteiger partial charge in [-0.25, -0.2) is 4.39 Å². The molecule has 1 heterocycles. The number of benzene rings is 1. The van der Waals surface area contributed by atoms with Gasteiger partial charge < -0.3 is 15.1 Å².